The van der Waals surface area contributed by atoms with E-state index in [2.05, 4.69) is 39.8 Å². The lowest BCUT2D eigenvalue weighted by Crippen LogP contribution is -2.60. The number of nitrogens with one attached hydrogen (secondary N) is 2. The number of hydrogen-bond donors (Lipinski definition) is 2. The third kappa shape index (κ3) is 8.45. The SMILES string of the molecule is COCCCc1ccc(Cl)c(CN(C(=O)C2=C(c3ccc(OCCOc4c(Cl)cc(C)cc4Cl)cc3)C[C@@H]3CNC[C@@H]2N3)C2CC2)c1. The summed E-state index contributed by atoms with van der Waals surface area (Å²) in [7, 11) is 1.72. The number of fused-ring (bicyclic) bond motifs is 2. The molecule has 1 aliphatic carbocycles. The first-order valence-corrected chi connectivity index (χ1v) is 17.5. The van der Waals surface area contributed by atoms with Gasteiger partial charge in [-0.25, -0.2) is 0 Å². The highest BCUT2D eigenvalue weighted by Crippen LogP contribution is 2.38. The number of rotatable bonds is 14. The number of hydrogen-bond acceptors (Lipinski definition) is 6. The summed E-state index contributed by atoms with van der Waals surface area (Å²) in [5.74, 6) is 1.28. The second-order valence-corrected chi connectivity index (χ2v) is 13.9. The van der Waals surface area contributed by atoms with Crippen molar-refractivity contribution in [1.82, 2.24) is 15.5 Å². The molecule has 2 bridgehead atoms. The van der Waals surface area contributed by atoms with Gasteiger partial charge in [-0.15, -0.1) is 0 Å². The molecule has 2 atom stereocenters. The molecule has 10 heteroatoms. The summed E-state index contributed by atoms with van der Waals surface area (Å²) in [5, 5.41) is 8.91. The van der Waals surface area contributed by atoms with Crippen LogP contribution in [0.2, 0.25) is 15.1 Å². The van der Waals surface area contributed by atoms with Crippen LogP contribution in [0.5, 0.6) is 11.5 Å². The van der Waals surface area contributed by atoms with Gasteiger partial charge < -0.3 is 29.7 Å². The number of carbonyl (C=O) groups is 1. The number of aryl methyl sites for hydroxylation is 2. The average Bonchev–Trinajstić information content (AvgIpc) is 3.90. The third-order valence-corrected chi connectivity index (χ3v) is 9.92. The molecule has 3 aromatic rings. The minimum atomic E-state index is -0.0596. The zero-order valence-corrected chi connectivity index (χ0v) is 29.2. The highest BCUT2D eigenvalue weighted by molar-refractivity contribution is 6.37. The van der Waals surface area contributed by atoms with Crippen LogP contribution in [-0.2, 0) is 22.5 Å². The van der Waals surface area contributed by atoms with E-state index in [0.29, 0.717) is 53.7 Å². The van der Waals surface area contributed by atoms with Gasteiger partial charge in [0.2, 0.25) is 0 Å². The van der Waals surface area contributed by atoms with E-state index in [-0.39, 0.29) is 24.0 Å². The van der Waals surface area contributed by atoms with Gasteiger partial charge >= 0.3 is 0 Å². The Hall–Kier alpha value is -2.78. The van der Waals surface area contributed by atoms with Crippen LogP contribution in [0.3, 0.4) is 0 Å². The Kier molecular flexibility index (Phi) is 11.3. The number of piperazine rings is 1. The minimum absolute atomic E-state index is 0.0596. The van der Waals surface area contributed by atoms with Gasteiger partial charge in [-0.05, 0) is 97.2 Å². The monoisotopic (exact) mass is 697 g/mol. The first kappa shape index (κ1) is 34.1. The Bertz CT molecular complexity index is 1590. The summed E-state index contributed by atoms with van der Waals surface area (Å²) >= 11 is 19.3. The van der Waals surface area contributed by atoms with Crippen molar-refractivity contribution >= 4 is 46.3 Å². The quantitative estimate of drug-likeness (QED) is 0.173. The van der Waals surface area contributed by atoms with Crippen LogP contribution in [-0.4, -0.2) is 69.0 Å². The molecule has 7 nitrogen and oxygen atoms in total. The summed E-state index contributed by atoms with van der Waals surface area (Å²) in [4.78, 5) is 16.6. The van der Waals surface area contributed by atoms with Gasteiger partial charge in [0.1, 0.15) is 19.0 Å². The van der Waals surface area contributed by atoms with Gasteiger partial charge in [0, 0.05) is 56.0 Å². The molecule has 2 aliphatic heterocycles. The minimum Gasteiger partial charge on any atom is -0.490 e. The predicted molar refractivity (Wildman–Crippen MR) is 189 cm³/mol. The third-order valence-electron chi connectivity index (χ3n) is 8.99. The first-order chi connectivity index (χ1) is 22.8. The van der Waals surface area contributed by atoms with Crippen LogP contribution in [0, 0.1) is 6.92 Å². The number of carbonyl (C=O) groups excluding carboxylic acids is 1. The number of nitrogens with zero attached hydrogens (tertiary/aromatic N) is 1. The largest absolute Gasteiger partial charge is 0.490 e. The molecule has 2 heterocycles. The molecule has 47 heavy (non-hydrogen) atoms. The maximum absolute atomic E-state index is 14.6. The van der Waals surface area contributed by atoms with Crippen LogP contribution in [0.15, 0.2) is 60.2 Å². The van der Waals surface area contributed by atoms with E-state index < -0.39 is 0 Å². The highest BCUT2D eigenvalue weighted by Gasteiger charge is 2.41. The molecule has 2 fully saturated rings. The molecule has 3 aromatic carbocycles. The zero-order valence-electron chi connectivity index (χ0n) is 26.9. The molecule has 0 unspecified atom stereocenters. The van der Waals surface area contributed by atoms with Gasteiger partial charge in [0.05, 0.1) is 16.1 Å². The summed E-state index contributed by atoms with van der Waals surface area (Å²) < 4.78 is 17.0. The van der Waals surface area contributed by atoms with Crippen molar-refractivity contribution < 1.29 is 19.0 Å². The van der Waals surface area contributed by atoms with Crippen molar-refractivity contribution in [3.05, 3.63) is 97.5 Å². The average molecular weight is 699 g/mol. The second-order valence-electron chi connectivity index (χ2n) is 12.6. The van der Waals surface area contributed by atoms with E-state index in [9.17, 15) is 4.79 Å². The molecule has 2 N–H and O–H groups in total. The molecule has 3 aliphatic rings. The predicted octanol–water partition coefficient (Wildman–Crippen LogP) is 7.27. The lowest BCUT2D eigenvalue weighted by molar-refractivity contribution is -0.128. The van der Waals surface area contributed by atoms with E-state index in [1.54, 1.807) is 7.11 Å². The van der Waals surface area contributed by atoms with Gasteiger partial charge in [0.15, 0.2) is 5.75 Å². The normalized spacial score (nSPS) is 19.1. The molecule has 1 saturated heterocycles. The maximum atomic E-state index is 14.6. The molecular formula is C37H42Cl3N3O4. The molecular weight excluding hydrogens is 657 g/mol. The van der Waals surface area contributed by atoms with Crippen molar-refractivity contribution in [3.8, 4) is 11.5 Å². The van der Waals surface area contributed by atoms with Crippen molar-refractivity contribution in [1.29, 1.82) is 0 Å². The molecule has 0 spiro atoms. The summed E-state index contributed by atoms with van der Waals surface area (Å²) in [6, 6.07) is 18.3. The molecule has 0 aromatic heterocycles. The van der Waals surface area contributed by atoms with Gasteiger partial charge in [0.25, 0.3) is 5.91 Å². The first-order valence-electron chi connectivity index (χ1n) is 16.4. The van der Waals surface area contributed by atoms with E-state index >= 15 is 0 Å². The van der Waals surface area contributed by atoms with Crippen LogP contribution in [0.1, 0.15) is 47.9 Å². The van der Waals surface area contributed by atoms with Crippen molar-refractivity contribution in [2.24, 2.45) is 0 Å². The van der Waals surface area contributed by atoms with Crippen LogP contribution in [0.4, 0.5) is 0 Å². The molecule has 0 radical (unpaired) electrons. The highest BCUT2D eigenvalue weighted by atomic mass is 35.5. The number of amides is 1. The summed E-state index contributed by atoms with van der Waals surface area (Å²) in [6.45, 7) is 5.36. The molecule has 6 rings (SSSR count). The Morgan fingerprint density at radius 1 is 0.915 bits per heavy atom. The van der Waals surface area contributed by atoms with E-state index in [1.807, 2.05) is 37.3 Å². The van der Waals surface area contributed by atoms with Crippen molar-refractivity contribution in [2.45, 2.75) is 63.7 Å². The second kappa shape index (κ2) is 15.6. The fourth-order valence-electron chi connectivity index (χ4n) is 6.54. The zero-order chi connectivity index (χ0) is 32.9. The van der Waals surface area contributed by atoms with Crippen LogP contribution < -0.4 is 20.1 Å². The fraction of sp³-hybridized carbons (Fsp3) is 0.432. The van der Waals surface area contributed by atoms with Gasteiger partial charge in [-0.2, -0.15) is 0 Å². The van der Waals surface area contributed by atoms with Crippen molar-refractivity contribution in [3.63, 3.8) is 0 Å². The van der Waals surface area contributed by atoms with Crippen LogP contribution in [0.25, 0.3) is 5.57 Å². The smallest absolute Gasteiger partial charge is 0.252 e. The maximum Gasteiger partial charge on any atom is 0.252 e. The fourth-order valence-corrected chi connectivity index (χ4v) is 7.42. The Morgan fingerprint density at radius 3 is 2.38 bits per heavy atom. The Morgan fingerprint density at radius 2 is 1.66 bits per heavy atom. The molecule has 1 saturated carbocycles. The Labute approximate surface area is 292 Å². The van der Waals surface area contributed by atoms with E-state index in [1.165, 1.54) is 5.56 Å². The standard InChI is InChI=1S/C37H42Cl3N3O4/c1-23-16-32(39)36(33(40)17-23)47-15-14-46-29-10-6-25(7-11-29)30-19-27-20-41-21-34(42-27)35(30)37(44)43(28-8-9-28)22-26-18-24(4-3-13-45-2)5-12-31(26)38/h5-7,10-12,16-18,27-28,34,41-42H,3-4,8-9,13-15,19-22H2,1-2H3/t27-,34+/m1/s1. The van der Waals surface area contributed by atoms with Crippen LogP contribution >= 0.6 is 34.8 Å². The number of ether oxygens (including phenoxy) is 3. The van der Waals surface area contributed by atoms with E-state index in [4.69, 9.17) is 49.0 Å². The number of methoxy groups -OCH3 is 1. The Balaban J connectivity index is 1.18. The summed E-state index contributed by atoms with van der Waals surface area (Å²) in [5.41, 5.74) is 6.17. The van der Waals surface area contributed by atoms with Gasteiger partial charge in [-0.3, -0.25) is 4.79 Å². The number of halogens is 3. The number of benzene rings is 3. The van der Waals surface area contributed by atoms with E-state index in [0.717, 1.165) is 72.2 Å². The lowest BCUT2D eigenvalue weighted by Gasteiger charge is -2.41. The molecule has 250 valence electrons. The molecule has 1 amide bonds. The topological polar surface area (TPSA) is 72.1 Å². The van der Waals surface area contributed by atoms with Crippen molar-refractivity contribution in [2.75, 3.05) is 40.0 Å². The lowest BCUT2D eigenvalue weighted by atomic mass is 9.83. The van der Waals surface area contributed by atoms with Gasteiger partial charge in [-0.1, -0.05) is 59.1 Å². The summed E-state index contributed by atoms with van der Waals surface area (Å²) in [6.07, 6.45) is 4.64.